The molecule has 0 bridgehead atoms. The minimum Gasteiger partial charge on any atom is -0.356 e. The smallest absolute Gasteiger partial charge is 0.252 e. The minimum absolute atomic E-state index is 0.0830. The number of rotatable bonds is 6. The van der Waals surface area contributed by atoms with E-state index in [-0.39, 0.29) is 16.5 Å². The molecule has 1 aliphatic rings. The molecule has 0 spiro atoms. The molecule has 1 N–H and O–H groups in total. The Morgan fingerprint density at radius 3 is 2.83 bits per heavy atom. The number of carbonyl (C=O) groups excluding carboxylic acids is 1. The zero-order chi connectivity index (χ0) is 20.4. The fourth-order valence-corrected chi connectivity index (χ4v) is 4.00. The van der Waals surface area contributed by atoms with Crippen LogP contribution in [0.25, 0.3) is 11.0 Å². The molecule has 1 aliphatic heterocycles. The lowest BCUT2D eigenvalue weighted by Gasteiger charge is -2.17. The highest BCUT2D eigenvalue weighted by atomic mass is 35.5. The van der Waals surface area contributed by atoms with Crippen molar-refractivity contribution >= 4 is 46.1 Å². The summed E-state index contributed by atoms with van der Waals surface area (Å²) in [5, 5.41) is 8.94. The number of thioether (sulfide) groups is 1. The fourth-order valence-electron chi connectivity index (χ4n) is 3.39. The Morgan fingerprint density at radius 1 is 1.31 bits per heavy atom. The number of halogens is 2. The number of carbonyl (C=O) groups is 1. The Kier molecular flexibility index (Phi) is 5.86. The quantitative estimate of drug-likeness (QED) is 0.473. The fraction of sp³-hybridized carbons (Fsp3) is 0.368. The first-order valence-corrected chi connectivity index (χ1v) is 10.9. The Bertz CT molecular complexity index is 1050. The normalized spacial score (nSPS) is 14.0. The van der Waals surface area contributed by atoms with Gasteiger partial charge in [0, 0.05) is 19.6 Å². The molecule has 0 saturated carbocycles. The molecule has 0 atom stereocenters. The first-order chi connectivity index (χ1) is 14.1. The van der Waals surface area contributed by atoms with Crippen LogP contribution < -0.4 is 10.2 Å². The van der Waals surface area contributed by atoms with Gasteiger partial charge in [-0.3, -0.25) is 4.79 Å². The lowest BCUT2D eigenvalue weighted by atomic mass is 10.2. The van der Waals surface area contributed by atoms with Crippen molar-refractivity contribution in [3.05, 3.63) is 40.8 Å². The van der Waals surface area contributed by atoms with Gasteiger partial charge < -0.3 is 10.2 Å². The highest BCUT2D eigenvalue weighted by Crippen LogP contribution is 2.28. The number of anilines is 1. The molecule has 0 unspecified atom stereocenters. The van der Waals surface area contributed by atoms with Gasteiger partial charge in [0.1, 0.15) is 11.6 Å². The molecule has 1 fully saturated rings. The molecule has 2 aromatic heterocycles. The summed E-state index contributed by atoms with van der Waals surface area (Å²) in [4.78, 5) is 23.9. The van der Waals surface area contributed by atoms with E-state index in [1.165, 1.54) is 23.9 Å². The van der Waals surface area contributed by atoms with Crippen molar-refractivity contribution < 1.29 is 9.18 Å². The summed E-state index contributed by atoms with van der Waals surface area (Å²) >= 11 is 7.44. The molecule has 4 rings (SSSR count). The zero-order valence-corrected chi connectivity index (χ0v) is 17.4. The lowest BCUT2D eigenvalue weighted by Crippen LogP contribution is -2.28. The molecule has 3 heterocycles. The first-order valence-electron chi connectivity index (χ1n) is 9.32. The van der Waals surface area contributed by atoms with Gasteiger partial charge in [-0.2, -0.15) is 5.10 Å². The van der Waals surface area contributed by atoms with Crippen LogP contribution in [0.1, 0.15) is 23.2 Å². The Labute approximate surface area is 176 Å². The van der Waals surface area contributed by atoms with Crippen LogP contribution in [0.5, 0.6) is 0 Å². The summed E-state index contributed by atoms with van der Waals surface area (Å²) < 4.78 is 14.9. The Morgan fingerprint density at radius 2 is 2.10 bits per heavy atom. The van der Waals surface area contributed by atoms with Crippen LogP contribution in [0.4, 0.5) is 10.2 Å². The SMILES string of the molecule is CSc1nc(N2CCCC2)c2cnn(CCNC(=O)c3ccc(F)cc3Cl)c2n1. The Hall–Kier alpha value is -2.39. The highest BCUT2D eigenvalue weighted by molar-refractivity contribution is 7.98. The van der Waals surface area contributed by atoms with Crippen molar-refractivity contribution in [2.45, 2.75) is 24.5 Å². The third kappa shape index (κ3) is 4.16. The first kappa shape index (κ1) is 19.9. The monoisotopic (exact) mass is 434 g/mol. The van der Waals surface area contributed by atoms with Crippen molar-refractivity contribution in [3.63, 3.8) is 0 Å². The van der Waals surface area contributed by atoms with E-state index in [4.69, 9.17) is 11.6 Å². The summed E-state index contributed by atoms with van der Waals surface area (Å²) in [5.74, 6) is 0.0847. The van der Waals surface area contributed by atoms with E-state index in [9.17, 15) is 9.18 Å². The Balaban J connectivity index is 1.51. The van der Waals surface area contributed by atoms with Gasteiger partial charge in [0.15, 0.2) is 10.8 Å². The van der Waals surface area contributed by atoms with Gasteiger partial charge in [0.25, 0.3) is 5.91 Å². The molecular formula is C19H20ClFN6OS. The van der Waals surface area contributed by atoms with E-state index in [2.05, 4.69) is 25.3 Å². The van der Waals surface area contributed by atoms with Crippen molar-refractivity contribution in [2.24, 2.45) is 0 Å². The second kappa shape index (κ2) is 8.54. The molecule has 152 valence electrons. The maximum atomic E-state index is 13.2. The standard InChI is InChI=1S/C19H20ClFN6OS/c1-29-19-24-16(26-7-2-3-8-26)14-11-23-27(17(14)25-19)9-6-22-18(28)13-5-4-12(21)10-15(13)20/h4-5,10-11H,2-3,6-9H2,1H3,(H,22,28). The van der Waals surface area contributed by atoms with Crippen LogP contribution in [0.3, 0.4) is 0 Å². The summed E-state index contributed by atoms with van der Waals surface area (Å²) in [5.41, 5.74) is 0.988. The summed E-state index contributed by atoms with van der Waals surface area (Å²) in [6.07, 6.45) is 6.05. The summed E-state index contributed by atoms with van der Waals surface area (Å²) in [6, 6.07) is 3.71. The average molecular weight is 435 g/mol. The average Bonchev–Trinajstić information content (AvgIpc) is 3.37. The van der Waals surface area contributed by atoms with Gasteiger partial charge in [-0.1, -0.05) is 23.4 Å². The highest BCUT2D eigenvalue weighted by Gasteiger charge is 2.20. The number of amides is 1. The van der Waals surface area contributed by atoms with Gasteiger partial charge >= 0.3 is 0 Å². The molecule has 1 aromatic carbocycles. The maximum absolute atomic E-state index is 13.2. The number of hydrogen-bond donors (Lipinski definition) is 1. The number of hydrogen-bond acceptors (Lipinski definition) is 6. The van der Waals surface area contributed by atoms with Crippen LogP contribution in [0, 0.1) is 5.82 Å². The third-order valence-electron chi connectivity index (χ3n) is 4.83. The van der Waals surface area contributed by atoms with E-state index in [0.717, 1.165) is 48.8 Å². The molecule has 10 heteroatoms. The number of fused-ring (bicyclic) bond motifs is 1. The number of nitrogens with zero attached hydrogens (tertiary/aromatic N) is 5. The molecular weight excluding hydrogens is 415 g/mol. The van der Waals surface area contributed by atoms with Gasteiger partial charge in [-0.05, 0) is 37.3 Å². The molecule has 7 nitrogen and oxygen atoms in total. The van der Waals surface area contributed by atoms with Crippen molar-refractivity contribution in [1.82, 2.24) is 25.1 Å². The van der Waals surface area contributed by atoms with E-state index >= 15 is 0 Å². The van der Waals surface area contributed by atoms with Gasteiger partial charge in [-0.25, -0.2) is 19.0 Å². The second-order valence-electron chi connectivity index (χ2n) is 6.71. The lowest BCUT2D eigenvalue weighted by molar-refractivity contribution is 0.0952. The minimum atomic E-state index is -0.479. The van der Waals surface area contributed by atoms with Gasteiger partial charge in [-0.15, -0.1) is 0 Å². The maximum Gasteiger partial charge on any atom is 0.252 e. The number of nitrogens with one attached hydrogen (secondary N) is 1. The number of aromatic nitrogens is 4. The number of benzene rings is 1. The van der Waals surface area contributed by atoms with Crippen LogP contribution >= 0.6 is 23.4 Å². The molecule has 3 aromatic rings. The third-order valence-corrected chi connectivity index (χ3v) is 5.69. The molecule has 1 saturated heterocycles. The van der Waals surface area contributed by atoms with Crippen molar-refractivity contribution in [3.8, 4) is 0 Å². The van der Waals surface area contributed by atoms with E-state index in [1.807, 2.05) is 6.26 Å². The summed E-state index contributed by atoms with van der Waals surface area (Å²) in [7, 11) is 0. The van der Waals surface area contributed by atoms with Crippen molar-refractivity contribution in [1.29, 1.82) is 0 Å². The molecule has 1 amide bonds. The van der Waals surface area contributed by atoms with Crippen LogP contribution in [-0.2, 0) is 6.54 Å². The zero-order valence-electron chi connectivity index (χ0n) is 15.9. The van der Waals surface area contributed by atoms with E-state index in [0.29, 0.717) is 18.2 Å². The van der Waals surface area contributed by atoms with Crippen LogP contribution in [0.2, 0.25) is 5.02 Å². The molecule has 0 radical (unpaired) electrons. The predicted octanol–water partition coefficient (Wildman–Crippen LogP) is 3.37. The van der Waals surface area contributed by atoms with Gasteiger partial charge in [0.05, 0.1) is 28.7 Å². The molecule has 29 heavy (non-hydrogen) atoms. The van der Waals surface area contributed by atoms with E-state index < -0.39 is 5.82 Å². The molecule has 0 aliphatic carbocycles. The predicted molar refractivity (Wildman–Crippen MR) is 112 cm³/mol. The largest absolute Gasteiger partial charge is 0.356 e. The van der Waals surface area contributed by atoms with E-state index in [1.54, 1.807) is 10.9 Å². The van der Waals surface area contributed by atoms with Crippen LogP contribution in [0.15, 0.2) is 29.6 Å². The van der Waals surface area contributed by atoms with Crippen molar-refractivity contribution in [2.75, 3.05) is 30.8 Å². The topological polar surface area (TPSA) is 75.9 Å². The van der Waals surface area contributed by atoms with Crippen LogP contribution in [-0.4, -0.2) is 51.5 Å². The second-order valence-corrected chi connectivity index (χ2v) is 7.89. The summed E-state index contributed by atoms with van der Waals surface area (Å²) in [6.45, 7) is 2.75. The van der Waals surface area contributed by atoms with Gasteiger partial charge in [0.2, 0.25) is 0 Å².